The number of nitrogens with zero attached hydrogens (tertiary/aromatic N) is 1. The van der Waals surface area contributed by atoms with Gasteiger partial charge in [-0.3, -0.25) is 4.79 Å². The van der Waals surface area contributed by atoms with Crippen LogP contribution in [-0.4, -0.2) is 5.91 Å². The van der Waals surface area contributed by atoms with E-state index in [9.17, 15) is 9.18 Å². The minimum Gasteiger partial charge on any atom is -0.369 e. The first-order chi connectivity index (χ1) is 7.13. The first kappa shape index (κ1) is 10.7. The van der Waals surface area contributed by atoms with Gasteiger partial charge >= 0.3 is 0 Å². The predicted octanol–water partition coefficient (Wildman–Crippen LogP) is 0.924. The summed E-state index contributed by atoms with van der Waals surface area (Å²) < 4.78 is 12.7. The zero-order chi connectivity index (χ0) is 11.3. The zero-order valence-electron chi connectivity index (χ0n) is 7.75. The topological polar surface area (TPSA) is 66.9 Å². The van der Waals surface area contributed by atoms with Gasteiger partial charge in [-0.05, 0) is 18.2 Å². The Morgan fingerprint density at radius 1 is 1.47 bits per heavy atom. The Labute approximate surface area is 86.3 Å². The Balaban J connectivity index is 2.99. The van der Waals surface area contributed by atoms with E-state index in [2.05, 4.69) is 11.8 Å². The van der Waals surface area contributed by atoms with Crippen LogP contribution in [0.2, 0.25) is 0 Å². The quantitative estimate of drug-likeness (QED) is 0.688. The normalized spacial score (nSPS) is 8.53. The minimum absolute atomic E-state index is 0.0811. The van der Waals surface area contributed by atoms with Crippen LogP contribution in [0.1, 0.15) is 17.5 Å². The second kappa shape index (κ2) is 4.78. The molecule has 15 heavy (non-hydrogen) atoms. The van der Waals surface area contributed by atoms with Gasteiger partial charge in [0.15, 0.2) is 0 Å². The lowest BCUT2D eigenvalue weighted by Gasteiger charge is -1.94. The molecule has 4 heteroatoms. The van der Waals surface area contributed by atoms with Crippen LogP contribution in [0.4, 0.5) is 4.39 Å². The van der Waals surface area contributed by atoms with Gasteiger partial charge in [0, 0.05) is 5.56 Å². The Morgan fingerprint density at radius 2 is 2.20 bits per heavy atom. The number of hydrogen-bond donors (Lipinski definition) is 1. The Morgan fingerprint density at radius 3 is 2.80 bits per heavy atom. The number of carbonyl (C=O) groups excluding carboxylic acids is 1. The summed E-state index contributed by atoms with van der Waals surface area (Å²) in [5, 5.41) is 8.68. The molecule has 0 saturated carbocycles. The van der Waals surface area contributed by atoms with Crippen LogP contribution in [0.5, 0.6) is 0 Å². The Bertz CT molecular complexity index is 492. The fraction of sp³-hybridized carbons (Fsp3) is 0.0909. The SMILES string of the molecule is N#Cc1cc(F)ccc1C#CCC(N)=O. The molecule has 1 aromatic carbocycles. The highest BCUT2D eigenvalue weighted by atomic mass is 19.1. The summed E-state index contributed by atoms with van der Waals surface area (Å²) in [5.41, 5.74) is 5.42. The summed E-state index contributed by atoms with van der Waals surface area (Å²) in [6.45, 7) is 0. The molecule has 0 aliphatic carbocycles. The smallest absolute Gasteiger partial charge is 0.229 e. The molecule has 3 nitrogen and oxygen atoms in total. The highest BCUT2D eigenvalue weighted by molar-refractivity contribution is 5.76. The molecule has 0 aliphatic rings. The van der Waals surface area contributed by atoms with Gasteiger partial charge in [0.25, 0.3) is 0 Å². The summed E-state index contributed by atoms with van der Waals surface area (Å²) in [7, 11) is 0. The van der Waals surface area contributed by atoms with Gasteiger partial charge in [0.05, 0.1) is 12.0 Å². The molecule has 0 heterocycles. The van der Waals surface area contributed by atoms with Gasteiger partial charge in [0.1, 0.15) is 11.9 Å². The third kappa shape index (κ3) is 3.13. The summed E-state index contributed by atoms with van der Waals surface area (Å²) in [6.07, 6.45) is -0.0811. The van der Waals surface area contributed by atoms with Crippen molar-refractivity contribution < 1.29 is 9.18 Å². The molecule has 0 radical (unpaired) electrons. The number of benzene rings is 1. The van der Waals surface area contributed by atoms with Crippen molar-refractivity contribution in [2.45, 2.75) is 6.42 Å². The number of amides is 1. The molecular formula is C11H7FN2O. The molecule has 0 aliphatic heterocycles. The number of primary amides is 1. The number of hydrogen-bond acceptors (Lipinski definition) is 2. The Kier molecular flexibility index (Phi) is 3.43. The van der Waals surface area contributed by atoms with Gasteiger partial charge in [-0.15, -0.1) is 0 Å². The average molecular weight is 202 g/mol. The van der Waals surface area contributed by atoms with E-state index in [0.29, 0.717) is 5.56 Å². The molecule has 1 amide bonds. The summed E-state index contributed by atoms with van der Waals surface area (Å²) in [6, 6.07) is 5.50. The van der Waals surface area contributed by atoms with E-state index in [1.165, 1.54) is 12.1 Å². The van der Waals surface area contributed by atoms with Crippen LogP contribution >= 0.6 is 0 Å². The van der Waals surface area contributed by atoms with Crippen LogP contribution in [0.15, 0.2) is 18.2 Å². The molecule has 0 saturated heterocycles. The molecule has 0 unspecified atom stereocenters. The van der Waals surface area contributed by atoms with Gasteiger partial charge in [-0.1, -0.05) is 11.8 Å². The lowest BCUT2D eigenvalue weighted by molar-refractivity contribution is -0.117. The van der Waals surface area contributed by atoms with Crippen molar-refractivity contribution in [2.24, 2.45) is 5.73 Å². The van der Waals surface area contributed by atoms with E-state index in [1.54, 1.807) is 0 Å². The highest BCUT2D eigenvalue weighted by Gasteiger charge is 2.00. The lowest BCUT2D eigenvalue weighted by Crippen LogP contribution is -2.08. The number of carbonyl (C=O) groups is 1. The third-order valence-electron chi connectivity index (χ3n) is 1.59. The number of halogens is 1. The second-order valence-corrected chi connectivity index (χ2v) is 2.75. The van der Waals surface area contributed by atoms with Crippen LogP contribution < -0.4 is 5.73 Å². The van der Waals surface area contributed by atoms with Crippen molar-refractivity contribution in [1.29, 1.82) is 5.26 Å². The summed E-state index contributed by atoms with van der Waals surface area (Å²) in [4.78, 5) is 10.4. The molecule has 0 aromatic heterocycles. The molecule has 0 atom stereocenters. The molecule has 2 N–H and O–H groups in total. The van der Waals surface area contributed by atoms with E-state index >= 15 is 0 Å². The van der Waals surface area contributed by atoms with E-state index in [0.717, 1.165) is 6.07 Å². The van der Waals surface area contributed by atoms with Crippen LogP contribution in [-0.2, 0) is 4.79 Å². The second-order valence-electron chi connectivity index (χ2n) is 2.75. The summed E-state index contributed by atoms with van der Waals surface area (Å²) in [5.74, 6) is 4.05. The van der Waals surface area contributed by atoms with E-state index < -0.39 is 11.7 Å². The highest BCUT2D eigenvalue weighted by Crippen LogP contribution is 2.08. The molecule has 74 valence electrons. The van der Waals surface area contributed by atoms with Crippen LogP contribution in [0.3, 0.4) is 0 Å². The molecule has 0 fully saturated rings. The molecule has 0 bridgehead atoms. The van der Waals surface area contributed by atoms with Gasteiger partial charge in [0.2, 0.25) is 5.91 Å². The maximum Gasteiger partial charge on any atom is 0.229 e. The molecule has 1 rings (SSSR count). The van der Waals surface area contributed by atoms with Crippen molar-refractivity contribution in [3.8, 4) is 17.9 Å². The largest absolute Gasteiger partial charge is 0.369 e. The van der Waals surface area contributed by atoms with Gasteiger partial charge < -0.3 is 5.73 Å². The van der Waals surface area contributed by atoms with Crippen molar-refractivity contribution in [3.63, 3.8) is 0 Å². The Hall–Kier alpha value is -2.33. The lowest BCUT2D eigenvalue weighted by atomic mass is 10.1. The third-order valence-corrected chi connectivity index (χ3v) is 1.59. The standard InChI is InChI=1S/C11H7FN2O/c12-10-5-4-8(9(6-10)7-13)2-1-3-11(14)15/h4-6H,3H2,(H2,14,15). The monoisotopic (exact) mass is 202 g/mol. The van der Waals surface area contributed by atoms with Crippen LogP contribution in [0, 0.1) is 29.0 Å². The number of rotatable bonds is 1. The maximum atomic E-state index is 12.7. The van der Waals surface area contributed by atoms with E-state index in [-0.39, 0.29) is 12.0 Å². The molecular weight excluding hydrogens is 195 g/mol. The average Bonchev–Trinajstić information content (AvgIpc) is 2.19. The number of nitrogens with two attached hydrogens (primary N) is 1. The number of nitriles is 1. The van der Waals surface area contributed by atoms with Crippen molar-refractivity contribution in [1.82, 2.24) is 0 Å². The predicted molar refractivity (Wildman–Crippen MR) is 51.8 cm³/mol. The fourth-order valence-corrected chi connectivity index (χ4v) is 0.945. The minimum atomic E-state index is -0.539. The molecule has 1 aromatic rings. The van der Waals surface area contributed by atoms with Crippen molar-refractivity contribution >= 4 is 5.91 Å². The van der Waals surface area contributed by atoms with Gasteiger partial charge in [-0.2, -0.15) is 5.26 Å². The van der Waals surface area contributed by atoms with Crippen molar-refractivity contribution in [3.05, 3.63) is 35.1 Å². The first-order valence-corrected chi connectivity index (χ1v) is 4.10. The fourth-order valence-electron chi connectivity index (χ4n) is 0.945. The first-order valence-electron chi connectivity index (χ1n) is 4.10. The van der Waals surface area contributed by atoms with E-state index in [4.69, 9.17) is 11.0 Å². The molecule has 0 spiro atoms. The van der Waals surface area contributed by atoms with Gasteiger partial charge in [-0.25, -0.2) is 4.39 Å². The zero-order valence-corrected chi connectivity index (χ0v) is 7.75. The van der Waals surface area contributed by atoms with E-state index in [1.807, 2.05) is 6.07 Å². The summed E-state index contributed by atoms with van der Waals surface area (Å²) >= 11 is 0. The van der Waals surface area contributed by atoms with Crippen LogP contribution in [0.25, 0.3) is 0 Å². The maximum absolute atomic E-state index is 12.7. The van der Waals surface area contributed by atoms with Crippen molar-refractivity contribution in [2.75, 3.05) is 0 Å².